The second kappa shape index (κ2) is 3.98. The lowest BCUT2D eigenvalue weighted by molar-refractivity contribution is 0.0966. The first-order valence-corrected chi connectivity index (χ1v) is 4.64. The molecule has 1 unspecified atom stereocenters. The molecule has 0 bridgehead atoms. The number of ketones is 1. The molecular weight excluding hydrogens is 197 g/mol. The number of aryl methyl sites for hydroxylation is 1. The van der Waals surface area contributed by atoms with Crippen molar-refractivity contribution in [3.63, 3.8) is 0 Å². The molecule has 1 rings (SSSR count). The summed E-state index contributed by atoms with van der Waals surface area (Å²) in [5.41, 5.74) is 6.20. The zero-order chi connectivity index (χ0) is 11.7. The second-order valence-electron chi connectivity index (χ2n) is 3.68. The highest BCUT2D eigenvalue weighted by atomic mass is 19.1. The molecule has 0 radical (unpaired) electrons. The monoisotopic (exact) mass is 211 g/mol. The molecule has 1 atom stereocenters. The number of phenols is 1. The number of aromatic hydroxyl groups is 1. The van der Waals surface area contributed by atoms with Crippen molar-refractivity contribution in [1.82, 2.24) is 0 Å². The third-order valence-electron chi connectivity index (χ3n) is 2.35. The Labute approximate surface area is 87.7 Å². The molecule has 0 aliphatic heterocycles. The fourth-order valence-corrected chi connectivity index (χ4v) is 1.37. The fourth-order valence-electron chi connectivity index (χ4n) is 1.37. The predicted octanol–water partition coefficient (Wildman–Crippen LogP) is 1.68. The summed E-state index contributed by atoms with van der Waals surface area (Å²) < 4.78 is 13.2. The number of nitrogens with two attached hydrogens (primary N) is 1. The van der Waals surface area contributed by atoms with E-state index in [1.54, 1.807) is 6.92 Å². The van der Waals surface area contributed by atoms with Gasteiger partial charge in [0.05, 0.1) is 6.04 Å². The van der Waals surface area contributed by atoms with Crippen molar-refractivity contribution in [2.75, 3.05) is 0 Å². The van der Waals surface area contributed by atoms with E-state index in [-0.39, 0.29) is 22.5 Å². The Morgan fingerprint density at radius 3 is 2.53 bits per heavy atom. The zero-order valence-corrected chi connectivity index (χ0v) is 8.97. The average molecular weight is 211 g/mol. The van der Waals surface area contributed by atoms with E-state index in [1.165, 1.54) is 19.9 Å². The van der Waals surface area contributed by atoms with Crippen LogP contribution in [0.2, 0.25) is 0 Å². The van der Waals surface area contributed by atoms with Crippen LogP contribution in [0.1, 0.15) is 28.4 Å². The molecule has 0 spiro atoms. The molecular formula is C11H14FNO2. The Bertz CT molecular complexity index is 414. The molecule has 0 aromatic heterocycles. The zero-order valence-electron chi connectivity index (χ0n) is 8.97. The number of Topliss-reactive ketones (excluding diaryl/α,β-unsaturated/α-hetero) is 1. The lowest BCUT2D eigenvalue weighted by atomic mass is 9.97. The molecule has 0 aliphatic rings. The van der Waals surface area contributed by atoms with Gasteiger partial charge >= 0.3 is 0 Å². The normalized spacial score (nSPS) is 12.6. The number of hydrogen-bond donors (Lipinski definition) is 2. The second-order valence-corrected chi connectivity index (χ2v) is 3.68. The quantitative estimate of drug-likeness (QED) is 0.731. The molecule has 1 aromatic carbocycles. The molecule has 0 aliphatic carbocycles. The maximum Gasteiger partial charge on any atom is 0.179 e. The summed E-state index contributed by atoms with van der Waals surface area (Å²) in [5, 5.41) is 9.43. The smallest absolute Gasteiger partial charge is 0.179 e. The third kappa shape index (κ3) is 1.99. The SMILES string of the molecule is Cc1cc(C(=O)C(C)N)c(C)c(O)c1F. The van der Waals surface area contributed by atoms with Gasteiger partial charge in [0.25, 0.3) is 0 Å². The standard InChI is InChI=1S/C11H14FNO2/c1-5-4-8(11(15)7(3)13)6(2)10(14)9(5)12/h4,7,14H,13H2,1-3H3. The number of halogens is 1. The van der Waals surface area contributed by atoms with Gasteiger partial charge in [0.2, 0.25) is 0 Å². The van der Waals surface area contributed by atoms with Crippen molar-refractivity contribution < 1.29 is 14.3 Å². The first kappa shape index (κ1) is 11.7. The highest BCUT2D eigenvalue weighted by Gasteiger charge is 2.19. The van der Waals surface area contributed by atoms with Gasteiger partial charge in [0, 0.05) is 11.1 Å². The van der Waals surface area contributed by atoms with E-state index in [0.717, 1.165) is 0 Å². The van der Waals surface area contributed by atoms with Gasteiger partial charge in [-0.1, -0.05) is 0 Å². The number of hydrogen-bond acceptors (Lipinski definition) is 3. The van der Waals surface area contributed by atoms with Gasteiger partial charge in [-0.3, -0.25) is 4.79 Å². The van der Waals surface area contributed by atoms with Crippen LogP contribution in [0.3, 0.4) is 0 Å². The Morgan fingerprint density at radius 1 is 1.53 bits per heavy atom. The van der Waals surface area contributed by atoms with E-state index in [9.17, 15) is 14.3 Å². The number of rotatable bonds is 2. The topological polar surface area (TPSA) is 63.3 Å². The van der Waals surface area contributed by atoms with Crippen LogP contribution in [0.25, 0.3) is 0 Å². The Morgan fingerprint density at radius 2 is 2.07 bits per heavy atom. The van der Waals surface area contributed by atoms with Gasteiger partial charge in [-0.2, -0.15) is 0 Å². The number of phenolic OH excluding ortho intramolecular Hbond substituents is 1. The van der Waals surface area contributed by atoms with Crippen LogP contribution in [0.4, 0.5) is 4.39 Å². The molecule has 0 fully saturated rings. The molecule has 3 N–H and O–H groups in total. The first-order chi connectivity index (χ1) is 6.86. The van der Waals surface area contributed by atoms with Gasteiger partial charge in [0.1, 0.15) is 0 Å². The summed E-state index contributed by atoms with van der Waals surface area (Å²) in [5.74, 6) is -1.46. The van der Waals surface area contributed by atoms with Crippen molar-refractivity contribution in [1.29, 1.82) is 0 Å². The fraction of sp³-hybridized carbons (Fsp3) is 0.364. The van der Waals surface area contributed by atoms with Crippen LogP contribution in [0.15, 0.2) is 6.07 Å². The molecule has 0 saturated carbocycles. The average Bonchev–Trinajstić information content (AvgIpc) is 2.19. The molecule has 0 saturated heterocycles. The summed E-state index contributed by atoms with van der Waals surface area (Å²) in [6.45, 7) is 4.54. The number of benzene rings is 1. The summed E-state index contributed by atoms with van der Waals surface area (Å²) in [7, 11) is 0. The van der Waals surface area contributed by atoms with Gasteiger partial charge in [0.15, 0.2) is 17.3 Å². The minimum atomic E-state index is -0.686. The van der Waals surface area contributed by atoms with Gasteiger partial charge in [-0.15, -0.1) is 0 Å². The summed E-state index contributed by atoms with van der Waals surface area (Å²) in [6.07, 6.45) is 0. The molecule has 82 valence electrons. The predicted molar refractivity (Wildman–Crippen MR) is 55.5 cm³/mol. The summed E-state index contributed by atoms with van der Waals surface area (Å²) in [4.78, 5) is 11.6. The van der Waals surface area contributed by atoms with Crippen LogP contribution in [-0.4, -0.2) is 16.9 Å². The van der Waals surface area contributed by atoms with Crippen LogP contribution < -0.4 is 5.73 Å². The molecule has 0 amide bonds. The summed E-state index contributed by atoms with van der Waals surface area (Å²) >= 11 is 0. The highest BCUT2D eigenvalue weighted by molar-refractivity contribution is 6.01. The van der Waals surface area contributed by atoms with E-state index >= 15 is 0 Å². The largest absolute Gasteiger partial charge is 0.505 e. The van der Waals surface area contributed by atoms with Crippen molar-refractivity contribution in [2.45, 2.75) is 26.8 Å². The molecule has 4 heteroatoms. The van der Waals surface area contributed by atoms with Crippen LogP contribution >= 0.6 is 0 Å². The highest BCUT2D eigenvalue weighted by Crippen LogP contribution is 2.27. The van der Waals surface area contributed by atoms with Gasteiger partial charge in [-0.05, 0) is 32.4 Å². The number of carbonyl (C=O) groups excluding carboxylic acids is 1. The molecule has 15 heavy (non-hydrogen) atoms. The number of carbonyl (C=O) groups is 1. The van der Waals surface area contributed by atoms with Crippen molar-refractivity contribution in [3.05, 3.63) is 28.6 Å². The van der Waals surface area contributed by atoms with E-state index in [4.69, 9.17) is 5.73 Å². The van der Waals surface area contributed by atoms with Gasteiger partial charge in [-0.25, -0.2) is 4.39 Å². The van der Waals surface area contributed by atoms with Crippen molar-refractivity contribution >= 4 is 5.78 Å². The molecule has 0 heterocycles. The molecule has 3 nitrogen and oxygen atoms in total. The Kier molecular flexibility index (Phi) is 3.09. The molecule has 1 aromatic rings. The van der Waals surface area contributed by atoms with Crippen molar-refractivity contribution in [2.24, 2.45) is 5.73 Å². The maximum atomic E-state index is 13.2. The summed E-state index contributed by atoms with van der Waals surface area (Å²) in [6, 6.07) is 0.753. The Hall–Kier alpha value is -1.42. The van der Waals surface area contributed by atoms with Crippen molar-refractivity contribution in [3.8, 4) is 5.75 Å². The minimum Gasteiger partial charge on any atom is -0.505 e. The maximum absolute atomic E-state index is 13.2. The first-order valence-electron chi connectivity index (χ1n) is 4.64. The lowest BCUT2D eigenvalue weighted by Crippen LogP contribution is -2.27. The van der Waals surface area contributed by atoms with Crippen LogP contribution in [0, 0.1) is 19.7 Å². The minimum absolute atomic E-state index is 0.236. The van der Waals surface area contributed by atoms with E-state index in [1.807, 2.05) is 0 Å². The van der Waals surface area contributed by atoms with Crippen LogP contribution in [0.5, 0.6) is 5.75 Å². The third-order valence-corrected chi connectivity index (χ3v) is 2.35. The lowest BCUT2D eigenvalue weighted by Gasteiger charge is -2.11. The van der Waals surface area contributed by atoms with E-state index in [0.29, 0.717) is 0 Å². The van der Waals surface area contributed by atoms with Crippen LogP contribution in [-0.2, 0) is 0 Å². The van der Waals surface area contributed by atoms with E-state index in [2.05, 4.69) is 0 Å². The van der Waals surface area contributed by atoms with E-state index < -0.39 is 17.6 Å². The Balaban J connectivity index is 3.39. The van der Waals surface area contributed by atoms with Gasteiger partial charge < -0.3 is 10.8 Å².